The summed E-state index contributed by atoms with van der Waals surface area (Å²) in [5.74, 6) is 7.32. The van der Waals surface area contributed by atoms with Crippen molar-refractivity contribution in [2.24, 2.45) is 17.8 Å². The number of aliphatic hydroxyl groups is 2. The summed E-state index contributed by atoms with van der Waals surface area (Å²) in [6.45, 7) is -2.37. The third-order valence-corrected chi connectivity index (χ3v) is 8.20. The van der Waals surface area contributed by atoms with Gasteiger partial charge in [0.2, 0.25) is 0 Å². The van der Waals surface area contributed by atoms with E-state index < -0.39 is 45.8 Å². The van der Waals surface area contributed by atoms with Gasteiger partial charge in [-0.1, -0.05) is 0 Å². The Kier molecular flexibility index (Phi) is 12.8. The molecule has 15 nitrogen and oxygen atoms in total. The lowest BCUT2D eigenvalue weighted by Crippen LogP contribution is -2.46. The topological polar surface area (TPSA) is 210 Å². The largest absolute Gasteiger partial charge is 0.449 e. The Morgan fingerprint density at radius 1 is 0.865 bits per heavy atom. The maximum atomic E-state index is 12.0. The Morgan fingerprint density at radius 2 is 1.46 bits per heavy atom. The summed E-state index contributed by atoms with van der Waals surface area (Å²) in [4.78, 5) is 23.5. The van der Waals surface area contributed by atoms with E-state index in [9.17, 15) is 26.4 Å². The molecule has 0 radical (unpaired) electrons. The number of carbonyl (C=O) groups excluding carboxylic acids is 2. The average molecular weight is 571 g/mol. The number of fused-ring (bicyclic) bond motifs is 1. The predicted octanol–water partition coefficient (Wildman–Crippen LogP) is -1.74. The number of nitrogens with zero attached hydrogens (tertiary/aromatic N) is 1. The molecule has 212 valence electrons. The van der Waals surface area contributed by atoms with Gasteiger partial charge in [0.1, 0.15) is 6.61 Å². The molecule has 0 bridgehead atoms. The molecule has 0 saturated heterocycles. The maximum absolute atomic E-state index is 12.0. The van der Waals surface area contributed by atoms with Gasteiger partial charge >= 0.3 is 32.6 Å². The number of nitrogens with one attached hydrogen (secondary N) is 3. The molecule has 2 amide bonds. The van der Waals surface area contributed by atoms with Crippen LogP contribution in [-0.4, -0.2) is 103 Å². The molecule has 17 heteroatoms. The van der Waals surface area contributed by atoms with Crippen molar-refractivity contribution < 1.29 is 50.8 Å². The van der Waals surface area contributed by atoms with Crippen LogP contribution in [0.3, 0.4) is 0 Å². The molecule has 0 aromatic heterocycles. The fourth-order valence-corrected chi connectivity index (χ4v) is 5.69. The molecule has 2 rings (SSSR count). The highest BCUT2D eigenvalue weighted by Gasteiger charge is 2.49. The van der Waals surface area contributed by atoms with Gasteiger partial charge in [0.25, 0.3) is 0 Å². The molecule has 1 fully saturated rings. The summed E-state index contributed by atoms with van der Waals surface area (Å²) in [7, 11) is -8.48. The predicted molar refractivity (Wildman–Crippen MR) is 128 cm³/mol. The Bertz CT molecular complexity index is 1000. The fraction of sp³-hybridized carbons (Fsp3) is 0.800. The number of hydrogen-bond donors (Lipinski definition) is 5. The van der Waals surface area contributed by atoms with Gasteiger partial charge in [-0.15, -0.1) is 11.8 Å². The van der Waals surface area contributed by atoms with E-state index >= 15 is 0 Å². The number of carbonyl (C=O) groups is 2. The molecular formula is C20H34N4O11S2. The fourth-order valence-electron chi connectivity index (χ4n) is 3.95. The van der Waals surface area contributed by atoms with Gasteiger partial charge in [0.15, 0.2) is 0 Å². The first kappa shape index (κ1) is 31.0. The van der Waals surface area contributed by atoms with Crippen LogP contribution in [0.1, 0.15) is 25.7 Å². The smallest absolute Gasteiger partial charge is 0.422 e. The lowest BCUT2D eigenvalue weighted by Gasteiger charge is -2.20. The Morgan fingerprint density at radius 3 is 2.05 bits per heavy atom. The zero-order valence-corrected chi connectivity index (χ0v) is 21.9. The van der Waals surface area contributed by atoms with E-state index in [-0.39, 0.29) is 52.0 Å². The van der Waals surface area contributed by atoms with Gasteiger partial charge in [-0.2, -0.15) is 25.9 Å². The Labute approximate surface area is 216 Å². The second kappa shape index (κ2) is 15.3. The van der Waals surface area contributed by atoms with E-state index in [1.807, 2.05) is 0 Å². The van der Waals surface area contributed by atoms with Crippen LogP contribution in [-0.2, 0) is 34.6 Å². The van der Waals surface area contributed by atoms with E-state index in [0.717, 1.165) is 25.7 Å². The molecule has 1 unspecified atom stereocenters. The van der Waals surface area contributed by atoms with E-state index in [0.29, 0.717) is 16.1 Å². The van der Waals surface area contributed by atoms with Crippen molar-refractivity contribution in [3.63, 3.8) is 0 Å². The van der Waals surface area contributed by atoms with Gasteiger partial charge in [0, 0.05) is 32.5 Å². The molecule has 0 heterocycles. The molecular weight excluding hydrogens is 536 g/mol. The molecule has 37 heavy (non-hydrogen) atoms. The van der Waals surface area contributed by atoms with E-state index in [1.165, 1.54) is 0 Å². The monoisotopic (exact) mass is 570 g/mol. The Balaban J connectivity index is 1.54. The molecule has 0 aromatic rings. The average Bonchev–Trinajstić information content (AvgIpc) is 3.45. The number of amides is 2. The van der Waals surface area contributed by atoms with Gasteiger partial charge in [-0.25, -0.2) is 19.0 Å². The lowest BCUT2D eigenvalue weighted by molar-refractivity contribution is 0.0774. The first-order chi connectivity index (χ1) is 17.6. The van der Waals surface area contributed by atoms with Crippen molar-refractivity contribution in [2.45, 2.75) is 25.7 Å². The van der Waals surface area contributed by atoms with Crippen molar-refractivity contribution in [1.29, 1.82) is 0 Å². The highest BCUT2D eigenvalue weighted by molar-refractivity contribution is 7.88. The highest BCUT2D eigenvalue weighted by atomic mass is 32.2. The summed E-state index contributed by atoms with van der Waals surface area (Å²) in [5, 5.41) is 17.7. The van der Waals surface area contributed by atoms with Gasteiger partial charge in [-0.05, 0) is 30.6 Å². The first-order valence-corrected chi connectivity index (χ1v) is 14.7. The van der Waals surface area contributed by atoms with Crippen LogP contribution in [0.25, 0.3) is 0 Å². The molecule has 5 N–H and O–H groups in total. The minimum absolute atomic E-state index is 0.131. The normalized spacial score (nSPS) is 21.0. The van der Waals surface area contributed by atoms with E-state index in [2.05, 4.69) is 21.3 Å². The van der Waals surface area contributed by atoms with Crippen LogP contribution in [0.5, 0.6) is 0 Å². The number of aliphatic hydroxyl groups excluding tert-OH is 2. The van der Waals surface area contributed by atoms with Gasteiger partial charge in [-0.3, -0.25) is 0 Å². The van der Waals surface area contributed by atoms with Crippen molar-refractivity contribution in [1.82, 2.24) is 18.5 Å². The minimum atomic E-state index is -4.32. The van der Waals surface area contributed by atoms with Crippen LogP contribution in [0.4, 0.5) is 9.59 Å². The number of ether oxygens (including phenoxy) is 3. The summed E-state index contributed by atoms with van der Waals surface area (Å²) in [6.07, 6.45) is 1.18. The second-order valence-corrected chi connectivity index (χ2v) is 11.4. The van der Waals surface area contributed by atoms with Crippen molar-refractivity contribution in [3.05, 3.63) is 0 Å². The molecule has 0 aromatic carbocycles. The standard InChI is InChI=1S/C20H34N4O11S2/c25-10-8-24(9-11-26)37(31,32)23-20(28)34-14-13-33-12-7-21-36(29,30)22-19(27)35-15-18-16-5-3-1-2-4-6-17(16)18/h16-18,21,25-26H,3-15H2,(H,22,27)(H,23,28)/t16-,17+,18?. The summed E-state index contributed by atoms with van der Waals surface area (Å²) in [5.41, 5.74) is 0. The number of hydrogen-bond acceptors (Lipinski definition) is 11. The molecule has 1 saturated carbocycles. The zero-order valence-electron chi connectivity index (χ0n) is 20.3. The van der Waals surface area contributed by atoms with Crippen LogP contribution in [0.15, 0.2) is 0 Å². The van der Waals surface area contributed by atoms with Gasteiger partial charge < -0.3 is 24.4 Å². The van der Waals surface area contributed by atoms with Crippen LogP contribution in [0.2, 0.25) is 0 Å². The third kappa shape index (κ3) is 11.4. The van der Waals surface area contributed by atoms with E-state index in [1.54, 1.807) is 9.44 Å². The molecule has 2 aliphatic carbocycles. The van der Waals surface area contributed by atoms with Crippen LogP contribution in [0, 0.1) is 29.6 Å². The van der Waals surface area contributed by atoms with Crippen molar-refractivity contribution in [3.8, 4) is 11.8 Å². The molecule has 3 atom stereocenters. The highest BCUT2D eigenvalue weighted by Crippen LogP contribution is 2.52. The van der Waals surface area contributed by atoms with E-state index in [4.69, 9.17) is 19.7 Å². The SMILES string of the molecule is O=C(NS(=O)(=O)NCCOCCOC(=O)NS(=O)(=O)N(CCO)CCO)OCC1[C@H]2CCC#CCC[C@@H]12. The molecule has 2 aliphatic rings. The number of rotatable bonds is 16. The summed E-state index contributed by atoms with van der Waals surface area (Å²) >= 11 is 0. The zero-order chi connectivity index (χ0) is 27.3. The van der Waals surface area contributed by atoms with Crippen LogP contribution < -0.4 is 14.2 Å². The minimum Gasteiger partial charge on any atom is -0.449 e. The molecule has 0 aliphatic heterocycles. The second-order valence-electron chi connectivity index (χ2n) is 8.22. The van der Waals surface area contributed by atoms with Crippen molar-refractivity contribution >= 4 is 32.6 Å². The first-order valence-electron chi connectivity index (χ1n) is 11.7. The third-order valence-electron chi connectivity index (χ3n) is 5.71. The summed E-state index contributed by atoms with van der Waals surface area (Å²) < 4.78 is 68.8. The lowest BCUT2D eigenvalue weighted by atomic mass is 10.1. The Hall–Kier alpha value is -2.20. The van der Waals surface area contributed by atoms with Crippen LogP contribution >= 0.6 is 0 Å². The molecule has 0 spiro atoms. The maximum Gasteiger partial charge on any atom is 0.422 e. The van der Waals surface area contributed by atoms with Crippen molar-refractivity contribution in [2.75, 3.05) is 59.3 Å². The quantitative estimate of drug-likeness (QED) is 0.104. The summed E-state index contributed by atoms with van der Waals surface area (Å²) in [6, 6.07) is 0. The van der Waals surface area contributed by atoms with Gasteiger partial charge in [0.05, 0.1) is 33.0 Å².